The van der Waals surface area contributed by atoms with Crippen molar-refractivity contribution in [2.24, 2.45) is 0 Å². The Kier molecular flexibility index (Phi) is 10.6. The van der Waals surface area contributed by atoms with E-state index in [4.69, 9.17) is 25.2 Å². The Morgan fingerprint density at radius 2 is 0.971 bits per heavy atom. The molecule has 2 aliphatic rings. The lowest BCUT2D eigenvalue weighted by Crippen LogP contribution is -2.34. The fraction of sp³-hybridized carbons (Fsp3) is 1.00. The molecule has 2 fully saturated rings. The maximum atomic E-state index is 11.8. The highest BCUT2D eigenvalue weighted by atomic mass is 31.3. The van der Waals surface area contributed by atoms with Crippen LogP contribution in [0.1, 0.15) is 0 Å². The summed E-state index contributed by atoms with van der Waals surface area (Å²) < 4.78 is 75.4. The molecule has 35 heavy (non-hydrogen) atoms. The van der Waals surface area contributed by atoms with Gasteiger partial charge in [0.1, 0.15) is 40.1 Å². The highest BCUT2D eigenvalue weighted by molar-refractivity contribution is 7.68. The van der Waals surface area contributed by atoms with Gasteiger partial charge in [-0.1, -0.05) is 0 Å². The molecule has 2 saturated heterocycles. The summed E-state index contributed by atoms with van der Waals surface area (Å²) in [4.78, 5) is 42.2. The molecule has 200 valence electrons. The molecule has 0 saturated carbocycles. The van der Waals surface area contributed by atoms with Gasteiger partial charge in [-0.25, -0.2) is 22.1 Å². The molecular weight excluding hydrogens is 570 g/mol. The zero-order chi connectivity index (χ0) is 27.0. The van der Waals surface area contributed by atoms with Crippen LogP contribution >= 0.6 is 31.3 Å². The van der Waals surface area contributed by atoms with E-state index in [1.165, 1.54) is 0 Å². The van der Waals surface area contributed by atoms with Crippen molar-refractivity contribution in [1.82, 2.24) is 0 Å². The molecule has 19 nitrogen and oxygen atoms in total. The summed E-state index contributed by atoms with van der Waals surface area (Å²) >= 11 is 0. The Hall–Kier alpha value is 0.450. The smallest absolute Gasteiger partial charge is 0.478 e. The lowest BCUT2D eigenvalue weighted by atomic mass is 9.93. The number of rotatable bonds is 12. The molecule has 4 radical (unpaired) electrons. The van der Waals surface area contributed by atoms with Gasteiger partial charge in [0.2, 0.25) is 0 Å². The molecule has 0 aromatic heterocycles. The van der Waals surface area contributed by atoms with Crippen LogP contribution in [0.25, 0.3) is 0 Å². The standard InChI is InChI=1S/C10H20B2O19P4/c11-9-7(15)5(13)3(27-9)1-25-32(17,18)29-34(21,22)31-35(23,24)30-33(19,20)26-2-4-6(14)8(16)10(12)28-4/h3-10,13-16H,1-2H2,(H,17,18)(H,19,20)(H,21,22)(H,23,24)/p-2/t3-,4-,5?,6?,7?,8?,9-,10-/m1/s1. The van der Waals surface area contributed by atoms with Crippen molar-refractivity contribution >= 4 is 47.0 Å². The minimum Gasteiger partial charge on any atom is -0.756 e. The van der Waals surface area contributed by atoms with E-state index in [0.29, 0.717) is 0 Å². The van der Waals surface area contributed by atoms with Crippen LogP contribution in [0.3, 0.4) is 0 Å². The summed E-state index contributed by atoms with van der Waals surface area (Å²) in [5.41, 5.74) is 0. The predicted octanol–water partition coefficient (Wildman–Crippen LogP) is -4.56. The summed E-state index contributed by atoms with van der Waals surface area (Å²) in [5.74, 6) is 0. The van der Waals surface area contributed by atoms with Gasteiger partial charge in [-0.3, -0.25) is 18.2 Å². The molecule has 2 rings (SSSR count). The van der Waals surface area contributed by atoms with Crippen molar-refractivity contribution in [1.29, 1.82) is 0 Å². The lowest BCUT2D eigenvalue weighted by Gasteiger charge is -2.31. The average Bonchev–Trinajstić information content (AvgIpc) is 3.06. The van der Waals surface area contributed by atoms with Gasteiger partial charge < -0.3 is 49.5 Å². The summed E-state index contributed by atoms with van der Waals surface area (Å²) in [7, 11) is -13.6. The minimum absolute atomic E-state index is 1.07. The molecule has 0 spiro atoms. The van der Waals surface area contributed by atoms with E-state index < -0.39 is 93.1 Å². The zero-order valence-electron chi connectivity index (χ0n) is 17.0. The molecular formula is C10H18B2O19P4-2. The topological polar surface area (TPSA) is 300 Å². The van der Waals surface area contributed by atoms with Gasteiger partial charge in [-0.2, -0.15) is 0 Å². The monoisotopic (exact) mass is 588 g/mol. The molecule has 0 aliphatic carbocycles. The van der Waals surface area contributed by atoms with E-state index in [2.05, 4.69) is 22.0 Å². The van der Waals surface area contributed by atoms with Crippen LogP contribution in [0.4, 0.5) is 0 Å². The first kappa shape index (κ1) is 31.7. The summed E-state index contributed by atoms with van der Waals surface area (Å²) in [5, 5.41) is 38.0. The Balaban J connectivity index is 1.89. The molecule has 0 bridgehead atoms. The maximum absolute atomic E-state index is 11.8. The lowest BCUT2D eigenvalue weighted by molar-refractivity contribution is -0.235. The molecule has 0 aromatic carbocycles. The third-order valence-corrected chi connectivity index (χ3v) is 10.0. The molecule has 8 unspecified atom stereocenters. The van der Waals surface area contributed by atoms with E-state index >= 15 is 0 Å². The van der Waals surface area contributed by atoms with Crippen LogP contribution < -0.4 is 9.79 Å². The fourth-order valence-corrected chi connectivity index (χ4v) is 7.44. The number of aliphatic hydroxyl groups excluding tert-OH is 4. The second-order valence-electron chi connectivity index (χ2n) is 6.91. The van der Waals surface area contributed by atoms with Gasteiger partial charge in [0, 0.05) is 12.0 Å². The summed E-state index contributed by atoms with van der Waals surface area (Å²) in [6.07, 6.45) is -9.66. The quantitative estimate of drug-likeness (QED) is 0.0924. The highest BCUT2D eigenvalue weighted by Gasteiger charge is 2.43. The van der Waals surface area contributed by atoms with Crippen LogP contribution in [0, 0.1) is 0 Å². The second kappa shape index (κ2) is 11.7. The summed E-state index contributed by atoms with van der Waals surface area (Å²) in [6.45, 7) is -2.14. The molecule has 0 amide bonds. The first-order chi connectivity index (χ1) is 15.7. The fourth-order valence-electron chi connectivity index (χ4n) is 2.62. The Labute approximate surface area is 199 Å². The van der Waals surface area contributed by atoms with E-state index in [9.17, 15) is 58.3 Å². The van der Waals surface area contributed by atoms with E-state index in [1.807, 2.05) is 0 Å². The molecule has 2 aliphatic heterocycles. The van der Waals surface area contributed by atoms with Crippen LogP contribution in [-0.4, -0.2) is 108 Å². The van der Waals surface area contributed by atoms with Crippen molar-refractivity contribution in [3.8, 4) is 0 Å². The molecule has 2 heterocycles. The molecule has 25 heteroatoms. The predicted molar refractivity (Wildman–Crippen MR) is 103 cm³/mol. The molecule has 6 N–H and O–H groups in total. The third-order valence-electron chi connectivity index (χ3n) is 4.21. The number of ether oxygens (including phenoxy) is 2. The minimum atomic E-state index is -6.36. The normalized spacial score (nSPS) is 40.5. The van der Waals surface area contributed by atoms with Crippen LogP contribution in [0.15, 0.2) is 0 Å². The molecule has 12 atom stereocenters. The second-order valence-corrected chi connectivity index (χ2v) is 13.0. The number of phosphoric acid groups is 4. The zero-order valence-corrected chi connectivity index (χ0v) is 20.5. The first-order valence-corrected chi connectivity index (χ1v) is 14.9. The van der Waals surface area contributed by atoms with E-state index in [0.717, 1.165) is 0 Å². The highest BCUT2D eigenvalue weighted by Crippen LogP contribution is 2.68. The van der Waals surface area contributed by atoms with E-state index in [-0.39, 0.29) is 0 Å². The molecule has 0 aromatic rings. The van der Waals surface area contributed by atoms with E-state index in [1.54, 1.807) is 0 Å². The largest absolute Gasteiger partial charge is 0.756 e. The van der Waals surface area contributed by atoms with Gasteiger partial charge in [-0.05, 0) is 0 Å². The number of aliphatic hydroxyl groups is 4. The van der Waals surface area contributed by atoms with Gasteiger partial charge >= 0.3 is 15.6 Å². The van der Waals surface area contributed by atoms with Gasteiger partial charge in [0.15, 0.2) is 0 Å². The first-order valence-electron chi connectivity index (χ1n) is 8.99. The Morgan fingerprint density at radius 1 is 0.657 bits per heavy atom. The third kappa shape index (κ3) is 9.30. The average molecular weight is 588 g/mol. The van der Waals surface area contributed by atoms with Gasteiger partial charge in [-0.15, -0.1) is 0 Å². The number of hydrogen-bond acceptors (Lipinski definition) is 17. The van der Waals surface area contributed by atoms with Crippen molar-refractivity contribution in [2.75, 3.05) is 13.2 Å². The van der Waals surface area contributed by atoms with Crippen molar-refractivity contribution in [3.05, 3.63) is 0 Å². The van der Waals surface area contributed by atoms with Crippen LogP contribution in [0.5, 0.6) is 0 Å². The Morgan fingerprint density at radius 3 is 1.23 bits per heavy atom. The maximum Gasteiger partial charge on any atom is 0.478 e. The Bertz CT molecular complexity index is 863. The number of hydrogen-bond donors (Lipinski definition) is 6. The van der Waals surface area contributed by atoms with Gasteiger partial charge in [0.25, 0.3) is 15.6 Å². The van der Waals surface area contributed by atoms with Crippen LogP contribution in [0.2, 0.25) is 0 Å². The summed E-state index contributed by atoms with van der Waals surface area (Å²) in [6, 6.07) is -2.81. The SMILES string of the molecule is [B][C@@H]1O[C@H](COP(=O)(O)OP(=O)([O-])OP(=O)([O-])OP(=O)(O)OC[C@H]2O[C@@H]([B])C(O)C2O)C(O)C1O. The van der Waals surface area contributed by atoms with Gasteiger partial charge in [0.05, 0.1) is 25.4 Å². The van der Waals surface area contributed by atoms with Crippen molar-refractivity contribution in [2.45, 2.75) is 48.6 Å². The van der Waals surface area contributed by atoms with Crippen LogP contribution in [-0.2, 0) is 49.7 Å². The number of phosphoric ester groups is 2. The van der Waals surface area contributed by atoms with Crippen molar-refractivity contribution in [3.63, 3.8) is 0 Å². The van der Waals surface area contributed by atoms with Crippen molar-refractivity contribution < 1.29 is 89.7 Å².